The lowest BCUT2D eigenvalue weighted by Gasteiger charge is -2.11. The van der Waals surface area contributed by atoms with Crippen LogP contribution in [0.5, 0.6) is 11.6 Å². The van der Waals surface area contributed by atoms with Gasteiger partial charge in [0.05, 0.1) is 11.1 Å². The summed E-state index contributed by atoms with van der Waals surface area (Å²) in [5, 5.41) is 11.8. The molecule has 2 rings (SSSR count). The zero-order chi connectivity index (χ0) is 19.7. The Morgan fingerprint density at radius 3 is 2.38 bits per heavy atom. The number of rotatable bonds is 4. The van der Waals surface area contributed by atoms with Crippen molar-refractivity contribution in [3.05, 3.63) is 47.2 Å². The average Bonchev–Trinajstić information content (AvgIpc) is 2.81. The van der Waals surface area contributed by atoms with Crippen LogP contribution in [0.15, 0.2) is 30.3 Å². The van der Waals surface area contributed by atoms with Gasteiger partial charge < -0.3 is 9.84 Å². The van der Waals surface area contributed by atoms with E-state index in [1.165, 1.54) is 0 Å². The monoisotopic (exact) mass is 380 g/mol. The van der Waals surface area contributed by atoms with Crippen molar-refractivity contribution >= 4 is 12.0 Å². The topological polar surface area (TPSA) is 64.4 Å². The van der Waals surface area contributed by atoms with Gasteiger partial charge in [-0.25, -0.2) is 9.48 Å². The van der Waals surface area contributed by atoms with Crippen LogP contribution in [0.25, 0.3) is 6.08 Å². The lowest BCUT2D eigenvalue weighted by molar-refractivity contribution is -0.141. The van der Waals surface area contributed by atoms with Crippen LogP contribution in [0.1, 0.15) is 16.8 Å². The van der Waals surface area contributed by atoms with Crippen LogP contribution < -0.4 is 4.74 Å². The Morgan fingerprint density at radius 1 is 1.19 bits per heavy atom. The molecule has 0 radical (unpaired) electrons. The molecule has 0 amide bonds. The first-order chi connectivity index (χ1) is 11.9. The van der Waals surface area contributed by atoms with E-state index >= 15 is 0 Å². The quantitative estimate of drug-likeness (QED) is 0.633. The summed E-state index contributed by atoms with van der Waals surface area (Å²) in [5.41, 5.74) is -3.21. The zero-order valence-corrected chi connectivity index (χ0v) is 12.9. The predicted molar refractivity (Wildman–Crippen MR) is 76.4 cm³/mol. The van der Waals surface area contributed by atoms with Gasteiger partial charge in [-0.15, -0.1) is 0 Å². The Morgan fingerprint density at radius 2 is 1.85 bits per heavy atom. The molecule has 140 valence electrons. The average molecular weight is 380 g/mol. The molecule has 1 aromatic carbocycles. The van der Waals surface area contributed by atoms with Gasteiger partial charge in [0.15, 0.2) is 5.69 Å². The Labute approximate surface area is 142 Å². The Kier molecular flexibility index (Phi) is 5.01. The van der Waals surface area contributed by atoms with E-state index in [0.29, 0.717) is 22.9 Å². The molecule has 0 aliphatic rings. The van der Waals surface area contributed by atoms with Crippen LogP contribution in [0.3, 0.4) is 0 Å². The van der Waals surface area contributed by atoms with Crippen LogP contribution in [0.4, 0.5) is 26.3 Å². The minimum atomic E-state index is -4.93. The van der Waals surface area contributed by atoms with Gasteiger partial charge in [0.25, 0.3) is 0 Å². The van der Waals surface area contributed by atoms with Crippen molar-refractivity contribution in [2.75, 3.05) is 0 Å². The molecule has 26 heavy (non-hydrogen) atoms. The molecule has 11 heteroatoms. The van der Waals surface area contributed by atoms with E-state index in [2.05, 4.69) is 5.10 Å². The first-order valence-corrected chi connectivity index (χ1v) is 6.80. The van der Waals surface area contributed by atoms with Gasteiger partial charge in [0.2, 0.25) is 5.88 Å². The number of alkyl halides is 6. The number of ether oxygens (including phenoxy) is 1. The Bertz CT molecular complexity index is 852. The van der Waals surface area contributed by atoms with Crippen molar-refractivity contribution in [1.82, 2.24) is 9.78 Å². The molecule has 1 N–H and O–H groups in total. The van der Waals surface area contributed by atoms with Gasteiger partial charge in [-0.3, -0.25) is 0 Å². The molecule has 0 spiro atoms. The number of carboxylic acids is 1. The molecule has 0 bridgehead atoms. The second kappa shape index (κ2) is 6.73. The standard InChI is InChI=1S/C15H10F6N2O3/c1-23-13(26-9-4-2-3-8(7-9)14(16,17)18)10(5-6-11(24)25)12(22-23)15(19,20)21/h2-7H,1H3,(H,24,25). The van der Waals surface area contributed by atoms with Crippen molar-refractivity contribution in [2.45, 2.75) is 12.4 Å². The SMILES string of the molecule is Cn1nc(C(F)(F)F)c(C=CC(=O)O)c1Oc1cccc(C(F)(F)F)c1. The largest absolute Gasteiger partial charge is 0.478 e. The third-order valence-corrected chi connectivity index (χ3v) is 3.07. The molecule has 0 aliphatic carbocycles. The molecule has 5 nitrogen and oxygen atoms in total. The second-order valence-corrected chi connectivity index (χ2v) is 4.99. The molecule has 1 aromatic heterocycles. The molecule has 2 aromatic rings. The number of halogens is 6. The summed E-state index contributed by atoms with van der Waals surface area (Å²) >= 11 is 0. The normalized spacial score (nSPS) is 12.6. The number of aryl methyl sites for hydroxylation is 1. The number of nitrogens with zero attached hydrogens (tertiary/aromatic N) is 2. The summed E-state index contributed by atoms with van der Waals surface area (Å²) in [7, 11) is 1.08. The smallest absolute Gasteiger partial charge is 0.435 e. The molecular weight excluding hydrogens is 370 g/mol. The molecule has 0 aliphatic heterocycles. The number of benzene rings is 1. The fourth-order valence-corrected chi connectivity index (χ4v) is 2.01. The lowest BCUT2D eigenvalue weighted by Crippen LogP contribution is -2.08. The highest BCUT2D eigenvalue weighted by molar-refractivity contribution is 5.86. The fourth-order valence-electron chi connectivity index (χ4n) is 2.01. The molecular formula is C15H10F6N2O3. The van der Waals surface area contributed by atoms with Gasteiger partial charge >= 0.3 is 18.3 Å². The summed E-state index contributed by atoms with van der Waals surface area (Å²) in [4.78, 5) is 10.6. The summed E-state index contributed by atoms with van der Waals surface area (Å²) in [6.07, 6.45) is -8.55. The summed E-state index contributed by atoms with van der Waals surface area (Å²) in [6.45, 7) is 0. The van der Waals surface area contributed by atoms with Gasteiger partial charge in [-0.2, -0.15) is 31.4 Å². The number of carboxylic acid groups (broad SMARTS) is 1. The Balaban J connectivity index is 2.53. The van der Waals surface area contributed by atoms with Crippen molar-refractivity contribution in [1.29, 1.82) is 0 Å². The fraction of sp³-hybridized carbons (Fsp3) is 0.200. The molecule has 1 heterocycles. The first kappa shape index (κ1) is 19.3. The van der Waals surface area contributed by atoms with Crippen LogP contribution in [0.2, 0.25) is 0 Å². The van der Waals surface area contributed by atoms with Gasteiger partial charge in [-0.1, -0.05) is 6.07 Å². The van der Waals surface area contributed by atoms with E-state index in [1.54, 1.807) is 0 Å². The number of aromatic nitrogens is 2. The van der Waals surface area contributed by atoms with Crippen molar-refractivity contribution in [3.8, 4) is 11.6 Å². The maximum Gasteiger partial charge on any atom is 0.435 e. The maximum absolute atomic E-state index is 13.1. The van der Waals surface area contributed by atoms with Crippen LogP contribution in [-0.4, -0.2) is 20.9 Å². The van der Waals surface area contributed by atoms with E-state index in [-0.39, 0.29) is 5.75 Å². The van der Waals surface area contributed by atoms with Crippen molar-refractivity contribution < 1.29 is 41.0 Å². The first-order valence-electron chi connectivity index (χ1n) is 6.80. The van der Waals surface area contributed by atoms with Gasteiger partial charge in [0, 0.05) is 13.1 Å². The second-order valence-electron chi connectivity index (χ2n) is 4.99. The van der Waals surface area contributed by atoms with E-state index in [1.807, 2.05) is 0 Å². The van der Waals surface area contributed by atoms with Crippen LogP contribution in [0, 0.1) is 0 Å². The van der Waals surface area contributed by atoms with E-state index in [9.17, 15) is 31.1 Å². The molecule has 0 atom stereocenters. The lowest BCUT2D eigenvalue weighted by atomic mass is 10.2. The molecule has 0 saturated heterocycles. The summed E-state index contributed by atoms with van der Waals surface area (Å²) in [6, 6.07) is 3.50. The predicted octanol–water partition coefficient (Wildman–Crippen LogP) is 4.35. The molecule has 0 fully saturated rings. The number of carbonyl (C=O) groups is 1. The number of aliphatic carboxylic acids is 1. The minimum absolute atomic E-state index is 0.387. The van der Waals surface area contributed by atoms with E-state index in [4.69, 9.17) is 9.84 Å². The Hall–Kier alpha value is -2.98. The highest BCUT2D eigenvalue weighted by atomic mass is 19.4. The zero-order valence-electron chi connectivity index (χ0n) is 12.9. The third kappa shape index (κ3) is 4.35. The summed E-state index contributed by atoms with van der Waals surface area (Å²) < 4.78 is 83.2. The third-order valence-electron chi connectivity index (χ3n) is 3.07. The van der Waals surface area contributed by atoms with Crippen molar-refractivity contribution in [3.63, 3.8) is 0 Å². The van der Waals surface area contributed by atoms with Gasteiger partial charge in [-0.05, 0) is 24.3 Å². The summed E-state index contributed by atoms with van der Waals surface area (Å²) in [5.74, 6) is -2.47. The van der Waals surface area contributed by atoms with Crippen LogP contribution >= 0.6 is 0 Å². The highest BCUT2D eigenvalue weighted by Crippen LogP contribution is 2.38. The molecule has 0 unspecified atom stereocenters. The van der Waals surface area contributed by atoms with Crippen LogP contribution in [-0.2, 0) is 24.2 Å². The molecule has 0 saturated carbocycles. The highest BCUT2D eigenvalue weighted by Gasteiger charge is 2.39. The maximum atomic E-state index is 13.1. The number of hydrogen-bond acceptors (Lipinski definition) is 3. The minimum Gasteiger partial charge on any atom is -0.478 e. The van der Waals surface area contributed by atoms with E-state index in [0.717, 1.165) is 25.2 Å². The van der Waals surface area contributed by atoms with Crippen molar-refractivity contribution in [2.24, 2.45) is 7.05 Å². The van der Waals surface area contributed by atoms with Gasteiger partial charge in [0.1, 0.15) is 5.75 Å². The van der Waals surface area contributed by atoms with E-state index < -0.39 is 41.0 Å². The number of hydrogen-bond donors (Lipinski definition) is 1.